The predicted molar refractivity (Wildman–Crippen MR) is 60.7 cm³/mol. The second kappa shape index (κ2) is 5.21. The fraction of sp³-hybridized carbons (Fsp3) is 0.500. The van der Waals surface area contributed by atoms with E-state index in [4.69, 9.17) is 5.11 Å². The SMILES string of the molecule is CSCCN(C)c1ncc(C(=O)O)s1. The van der Waals surface area contributed by atoms with Gasteiger partial charge >= 0.3 is 5.97 Å². The van der Waals surface area contributed by atoms with Crippen molar-refractivity contribution in [1.82, 2.24) is 4.98 Å². The Morgan fingerprint density at radius 1 is 1.79 bits per heavy atom. The fourth-order valence-corrected chi connectivity index (χ4v) is 2.06. The Morgan fingerprint density at radius 2 is 2.50 bits per heavy atom. The lowest BCUT2D eigenvalue weighted by atomic mass is 10.6. The number of thiazole rings is 1. The molecule has 78 valence electrons. The molecule has 0 aliphatic carbocycles. The summed E-state index contributed by atoms with van der Waals surface area (Å²) in [6.07, 6.45) is 3.44. The number of hydrogen-bond acceptors (Lipinski definition) is 5. The van der Waals surface area contributed by atoms with Crippen molar-refractivity contribution in [2.45, 2.75) is 0 Å². The van der Waals surface area contributed by atoms with Crippen molar-refractivity contribution in [3.8, 4) is 0 Å². The number of nitrogens with zero attached hydrogens (tertiary/aromatic N) is 2. The zero-order valence-corrected chi connectivity index (χ0v) is 9.69. The molecule has 0 bridgehead atoms. The van der Waals surface area contributed by atoms with E-state index in [1.54, 1.807) is 11.8 Å². The first kappa shape index (κ1) is 11.3. The average molecular weight is 232 g/mol. The third-order valence-electron chi connectivity index (χ3n) is 1.66. The monoisotopic (exact) mass is 232 g/mol. The average Bonchev–Trinajstić information content (AvgIpc) is 2.62. The van der Waals surface area contributed by atoms with Crippen LogP contribution in [0.1, 0.15) is 9.67 Å². The summed E-state index contributed by atoms with van der Waals surface area (Å²) in [4.78, 5) is 16.9. The molecule has 1 heterocycles. The molecule has 14 heavy (non-hydrogen) atoms. The molecule has 6 heteroatoms. The first-order chi connectivity index (χ1) is 6.65. The van der Waals surface area contributed by atoms with Crippen molar-refractivity contribution in [2.75, 3.05) is 30.5 Å². The lowest BCUT2D eigenvalue weighted by Crippen LogP contribution is -2.19. The Bertz CT molecular complexity index is 314. The minimum atomic E-state index is -0.910. The van der Waals surface area contributed by atoms with E-state index in [2.05, 4.69) is 4.98 Å². The Hall–Kier alpha value is -0.750. The van der Waals surface area contributed by atoms with Crippen molar-refractivity contribution in [2.24, 2.45) is 0 Å². The molecular formula is C8H12N2O2S2. The van der Waals surface area contributed by atoms with E-state index in [-0.39, 0.29) is 4.88 Å². The quantitative estimate of drug-likeness (QED) is 0.836. The molecule has 1 rings (SSSR count). The van der Waals surface area contributed by atoms with Crippen LogP contribution < -0.4 is 4.90 Å². The maximum Gasteiger partial charge on any atom is 0.347 e. The Balaban J connectivity index is 2.61. The molecule has 4 nitrogen and oxygen atoms in total. The van der Waals surface area contributed by atoms with Gasteiger partial charge in [-0.25, -0.2) is 9.78 Å². The number of carboxylic acid groups (broad SMARTS) is 1. The van der Waals surface area contributed by atoms with Gasteiger partial charge in [0.1, 0.15) is 4.88 Å². The summed E-state index contributed by atoms with van der Waals surface area (Å²) in [5.41, 5.74) is 0. The number of carbonyl (C=O) groups is 1. The summed E-state index contributed by atoms with van der Waals surface area (Å²) in [5.74, 6) is 0.102. The Morgan fingerprint density at radius 3 is 3.00 bits per heavy atom. The Kier molecular flexibility index (Phi) is 4.21. The van der Waals surface area contributed by atoms with Crippen molar-refractivity contribution in [3.63, 3.8) is 0 Å². The van der Waals surface area contributed by atoms with Crippen molar-refractivity contribution >= 4 is 34.2 Å². The molecule has 0 aliphatic heterocycles. The molecule has 0 radical (unpaired) electrons. The van der Waals surface area contributed by atoms with Crippen LogP contribution in [0.2, 0.25) is 0 Å². The smallest absolute Gasteiger partial charge is 0.347 e. The van der Waals surface area contributed by atoms with Crippen LogP contribution in [0, 0.1) is 0 Å². The molecule has 0 fully saturated rings. The summed E-state index contributed by atoms with van der Waals surface area (Å²) in [6.45, 7) is 0.883. The third kappa shape index (κ3) is 2.88. The highest BCUT2D eigenvalue weighted by Crippen LogP contribution is 2.21. The number of aromatic nitrogens is 1. The topological polar surface area (TPSA) is 53.4 Å². The zero-order valence-electron chi connectivity index (χ0n) is 8.06. The van der Waals surface area contributed by atoms with Gasteiger partial charge in [-0.1, -0.05) is 11.3 Å². The van der Waals surface area contributed by atoms with Gasteiger partial charge in [-0.3, -0.25) is 0 Å². The molecule has 0 unspecified atom stereocenters. The zero-order chi connectivity index (χ0) is 10.6. The van der Waals surface area contributed by atoms with Crippen LogP contribution in [-0.2, 0) is 0 Å². The maximum atomic E-state index is 10.6. The van der Waals surface area contributed by atoms with Crippen LogP contribution >= 0.6 is 23.1 Å². The summed E-state index contributed by atoms with van der Waals surface area (Å²) in [7, 11) is 1.92. The molecule has 0 aliphatic rings. The summed E-state index contributed by atoms with van der Waals surface area (Å²) >= 11 is 2.96. The van der Waals surface area contributed by atoms with E-state index in [0.29, 0.717) is 0 Å². The fourth-order valence-electron chi connectivity index (χ4n) is 0.864. The lowest BCUT2D eigenvalue weighted by Gasteiger charge is -2.13. The van der Waals surface area contributed by atoms with Gasteiger partial charge in [0.2, 0.25) is 0 Å². The number of aromatic carboxylic acids is 1. The number of rotatable bonds is 5. The van der Waals surface area contributed by atoms with Gasteiger partial charge in [0.05, 0.1) is 6.20 Å². The highest BCUT2D eigenvalue weighted by molar-refractivity contribution is 7.98. The van der Waals surface area contributed by atoms with Gasteiger partial charge < -0.3 is 10.0 Å². The van der Waals surface area contributed by atoms with Crippen LogP contribution in [0.5, 0.6) is 0 Å². The molecule has 1 aromatic heterocycles. The highest BCUT2D eigenvalue weighted by atomic mass is 32.2. The number of carboxylic acids is 1. The second-order valence-corrected chi connectivity index (χ2v) is 4.72. The molecular weight excluding hydrogens is 220 g/mol. The highest BCUT2D eigenvalue weighted by Gasteiger charge is 2.10. The van der Waals surface area contributed by atoms with Gasteiger partial charge in [0.15, 0.2) is 5.13 Å². The van der Waals surface area contributed by atoms with Crippen LogP contribution in [0.4, 0.5) is 5.13 Å². The molecule has 0 atom stereocenters. The first-order valence-corrected chi connectivity index (χ1v) is 6.25. The minimum Gasteiger partial charge on any atom is -0.477 e. The van der Waals surface area contributed by atoms with Crippen molar-refractivity contribution in [3.05, 3.63) is 11.1 Å². The first-order valence-electron chi connectivity index (χ1n) is 4.04. The molecule has 0 spiro atoms. The molecule has 1 aromatic rings. The van der Waals surface area contributed by atoms with Gasteiger partial charge in [-0.05, 0) is 6.26 Å². The summed E-state index contributed by atoms with van der Waals surface area (Å²) in [5, 5.41) is 9.46. The maximum absolute atomic E-state index is 10.6. The summed E-state index contributed by atoms with van der Waals surface area (Å²) < 4.78 is 0. The largest absolute Gasteiger partial charge is 0.477 e. The van der Waals surface area contributed by atoms with Crippen LogP contribution in [0.3, 0.4) is 0 Å². The van der Waals surface area contributed by atoms with Crippen LogP contribution in [0.15, 0.2) is 6.20 Å². The Labute approximate surface area is 91.0 Å². The van der Waals surface area contributed by atoms with Gasteiger partial charge in [0, 0.05) is 19.3 Å². The van der Waals surface area contributed by atoms with E-state index in [0.717, 1.165) is 17.4 Å². The number of thioether (sulfide) groups is 1. The van der Waals surface area contributed by atoms with Gasteiger partial charge in [0.25, 0.3) is 0 Å². The standard InChI is InChI=1S/C8H12N2O2S2/c1-10(3-4-13-2)8-9-5-6(14-8)7(11)12/h5H,3-4H2,1-2H3,(H,11,12). The number of anilines is 1. The second-order valence-electron chi connectivity index (χ2n) is 2.73. The van der Waals surface area contributed by atoms with Gasteiger partial charge in [-0.15, -0.1) is 0 Å². The minimum absolute atomic E-state index is 0.288. The predicted octanol–water partition coefficient (Wildman–Crippen LogP) is 1.64. The van der Waals surface area contributed by atoms with E-state index in [1.165, 1.54) is 17.5 Å². The van der Waals surface area contributed by atoms with E-state index in [1.807, 2.05) is 18.2 Å². The van der Waals surface area contributed by atoms with E-state index >= 15 is 0 Å². The van der Waals surface area contributed by atoms with Gasteiger partial charge in [-0.2, -0.15) is 11.8 Å². The van der Waals surface area contributed by atoms with Crippen molar-refractivity contribution < 1.29 is 9.90 Å². The van der Waals surface area contributed by atoms with E-state index < -0.39 is 5.97 Å². The molecule has 0 amide bonds. The van der Waals surface area contributed by atoms with Crippen LogP contribution in [0.25, 0.3) is 0 Å². The molecule has 1 N–H and O–H groups in total. The van der Waals surface area contributed by atoms with E-state index in [9.17, 15) is 4.79 Å². The number of hydrogen-bond donors (Lipinski definition) is 1. The molecule has 0 aromatic carbocycles. The normalized spacial score (nSPS) is 10.1. The summed E-state index contributed by atoms with van der Waals surface area (Å²) in [6, 6.07) is 0. The molecule has 0 saturated carbocycles. The third-order valence-corrected chi connectivity index (χ3v) is 3.35. The van der Waals surface area contributed by atoms with Crippen LogP contribution in [-0.4, -0.2) is 41.7 Å². The lowest BCUT2D eigenvalue weighted by molar-refractivity contribution is 0.0702. The van der Waals surface area contributed by atoms with Crippen molar-refractivity contribution in [1.29, 1.82) is 0 Å². The molecule has 0 saturated heterocycles.